The summed E-state index contributed by atoms with van der Waals surface area (Å²) in [6.07, 6.45) is 1.65. The van der Waals surface area contributed by atoms with Crippen LogP contribution in [0.15, 0.2) is 84.4 Å². The van der Waals surface area contributed by atoms with E-state index in [4.69, 9.17) is 11.6 Å². The van der Waals surface area contributed by atoms with Gasteiger partial charge in [0.2, 0.25) is 0 Å². The normalized spacial score (nSPS) is 11.4. The number of halogens is 1. The van der Waals surface area contributed by atoms with Gasteiger partial charge in [-0.3, -0.25) is 4.79 Å². The van der Waals surface area contributed by atoms with Crippen molar-refractivity contribution < 1.29 is 4.79 Å². The maximum atomic E-state index is 12.7. The molecular weight excluding hydrogens is 380 g/mol. The van der Waals surface area contributed by atoms with Gasteiger partial charge in [0, 0.05) is 17.3 Å². The maximum absolute atomic E-state index is 12.7. The molecule has 140 valence electrons. The Kier molecular flexibility index (Phi) is 5.29. The molecule has 1 amide bonds. The Bertz CT molecular complexity index is 1230. The molecule has 4 rings (SSSR count). The van der Waals surface area contributed by atoms with Crippen molar-refractivity contribution in [3.8, 4) is 6.07 Å². The lowest BCUT2D eigenvalue weighted by molar-refractivity contribution is -0.117. The quantitative estimate of drug-likeness (QED) is 0.266. The molecule has 29 heavy (non-hydrogen) atoms. The fourth-order valence-corrected chi connectivity index (χ4v) is 3.76. The molecule has 0 radical (unpaired) electrons. The number of nitriles is 1. The van der Waals surface area contributed by atoms with Crippen molar-refractivity contribution in [3.05, 3.63) is 101 Å². The highest BCUT2D eigenvalue weighted by atomic mass is 35.5. The first-order valence-corrected chi connectivity index (χ1v) is 9.59. The van der Waals surface area contributed by atoms with Crippen LogP contribution in [0.3, 0.4) is 0 Å². The lowest BCUT2D eigenvalue weighted by Gasteiger charge is -2.12. The molecule has 0 unspecified atom stereocenters. The Morgan fingerprint density at radius 2 is 1.38 bits per heavy atom. The van der Waals surface area contributed by atoms with E-state index in [0.717, 1.165) is 32.7 Å². The van der Waals surface area contributed by atoms with Crippen molar-refractivity contribution in [2.24, 2.45) is 0 Å². The van der Waals surface area contributed by atoms with Gasteiger partial charge in [-0.1, -0.05) is 90.5 Å². The molecule has 1 N–H and O–H groups in total. The summed E-state index contributed by atoms with van der Waals surface area (Å²) in [5.74, 6) is -0.403. The molecule has 4 heteroatoms. The second-order valence-electron chi connectivity index (χ2n) is 6.66. The van der Waals surface area contributed by atoms with Gasteiger partial charge in [0.1, 0.15) is 11.6 Å². The monoisotopic (exact) mass is 396 g/mol. The number of carbonyl (C=O) groups excluding carboxylic acids is 1. The molecule has 0 aliphatic carbocycles. The molecule has 0 aliphatic heterocycles. The van der Waals surface area contributed by atoms with Gasteiger partial charge in [-0.05, 0) is 28.0 Å². The SMILES string of the molecule is N#CC(=Cc1c2ccccc2c(Cl)c2ccccc12)C(=O)NCc1ccccc1. The molecule has 0 saturated heterocycles. The van der Waals surface area contributed by atoms with Crippen LogP contribution in [-0.2, 0) is 11.3 Å². The van der Waals surface area contributed by atoms with Gasteiger partial charge in [0.25, 0.3) is 5.91 Å². The Hall–Kier alpha value is -3.61. The van der Waals surface area contributed by atoms with Crippen LogP contribution in [0.25, 0.3) is 27.6 Å². The molecular formula is C25H17ClN2O. The van der Waals surface area contributed by atoms with E-state index >= 15 is 0 Å². The van der Waals surface area contributed by atoms with Crippen LogP contribution in [0.2, 0.25) is 5.02 Å². The number of rotatable bonds is 4. The van der Waals surface area contributed by atoms with E-state index in [1.807, 2.05) is 84.9 Å². The van der Waals surface area contributed by atoms with Gasteiger partial charge in [0.05, 0.1) is 5.02 Å². The molecule has 0 bridgehead atoms. The lowest BCUT2D eigenvalue weighted by atomic mass is 9.95. The third-order valence-corrected chi connectivity index (χ3v) is 5.26. The Morgan fingerprint density at radius 1 is 0.862 bits per heavy atom. The second kappa shape index (κ2) is 8.18. The summed E-state index contributed by atoms with van der Waals surface area (Å²) >= 11 is 6.63. The summed E-state index contributed by atoms with van der Waals surface area (Å²) < 4.78 is 0. The molecule has 0 fully saturated rings. The molecule has 0 saturated carbocycles. The molecule has 3 nitrogen and oxygen atoms in total. The van der Waals surface area contributed by atoms with Crippen LogP contribution in [0, 0.1) is 11.3 Å². The Morgan fingerprint density at radius 3 is 1.93 bits per heavy atom. The summed E-state index contributed by atoms with van der Waals surface area (Å²) in [6, 6.07) is 27.1. The van der Waals surface area contributed by atoms with Crippen LogP contribution >= 0.6 is 11.6 Å². The molecule has 0 aromatic heterocycles. The summed E-state index contributed by atoms with van der Waals surface area (Å²) in [7, 11) is 0. The zero-order valence-electron chi connectivity index (χ0n) is 15.5. The first-order chi connectivity index (χ1) is 14.2. The number of amides is 1. The van der Waals surface area contributed by atoms with Crippen molar-refractivity contribution in [2.75, 3.05) is 0 Å². The number of nitrogens with one attached hydrogen (secondary N) is 1. The van der Waals surface area contributed by atoms with Crippen LogP contribution in [0.1, 0.15) is 11.1 Å². The van der Waals surface area contributed by atoms with Crippen molar-refractivity contribution >= 4 is 45.1 Å². The number of fused-ring (bicyclic) bond motifs is 2. The molecule has 4 aromatic rings. The minimum Gasteiger partial charge on any atom is -0.347 e. The van der Waals surface area contributed by atoms with Gasteiger partial charge in [-0.15, -0.1) is 0 Å². The first kappa shape index (κ1) is 18.7. The largest absolute Gasteiger partial charge is 0.347 e. The fraction of sp³-hybridized carbons (Fsp3) is 0.0400. The lowest BCUT2D eigenvalue weighted by Crippen LogP contribution is -2.23. The Balaban J connectivity index is 1.80. The minimum atomic E-state index is -0.403. The van der Waals surface area contributed by atoms with Crippen molar-refractivity contribution in [1.29, 1.82) is 5.26 Å². The zero-order chi connectivity index (χ0) is 20.2. The summed E-state index contributed by atoms with van der Waals surface area (Å²) in [6.45, 7) is 0.362. The standard InChI is InChI=1S/C25H17ClN2O/c26-24-21-12-6-4-10-19(21)23(20-11-5-7-13-22(20)24)14-18(15-27)25(29)28-16-17-8-2-1-3-9-17/h1-14H,16H2,(H,28,29). The summed E-state index contributed by atoms with van der Waals surface area (Å²) in [5.41, 5.74) is 1.84. The topological polar surface area (TPSA) is 52.9 Å². The highest BCUT2D eigenvalue weighted by Crippen LogP contribution is 2.37. The molecule has 0 heterocycles. The number of hydrogen-bond donors (Lipinski definition) is 1. The fourth-order valence-electron chi connectivity index (χ4n) is 3.43. The van der Waals surface area contributed by atoms with Gasteiger partial charge in [-0.25, -0.2) is 0 Å². The second-order valence-corrected chi connectivity index (χ2v) is 7.03. The van der Waals surface area contributed by atoms with Gasteiger partial charge < -0.3 is 5.32 Å². The maximum Gasteiger partial charge on any atom is 0.262 e. The van der Waals surface area contributed by atoms with Gasteiger partial charge >= 0.3 is 0 Å². The molecule has 0 spiro atoms. The number of carbonyl (C=O) groups is 1. The number of hydrogen-bond acceptors (Lipinski definition) is 2. The third kappa shape index (κ3) is 3.71. The number of nitrogens with zero attached hydrogens (tertiary/aromatic N) is 1. The average molecular weight is 397 g/mol. The van der Waals surface area contributed by atoms with Crippen LogP contribution in [0.5, 0.6) is 0 Å². The smallest absolute Gasteiger partial charge is 0.262 e. The van der Waals surface area contributed by atoms with E-state index in [9.17, 15) is 10.1 Å². The number of benzene rings is 4. The van der Waals surface area contributed by atoms with Crippen molar-refractivity contribution in [3.63, 3.8) is 0 Å². The van der Waals surface area contributed by atoms with E-state index in [1.54, 1.807) is 6.08 Å². The molecule has 0 atom stereocenters. The molecule has 0 aliphatic rings. The first-order valence-electron chi connectivity index (χ1n) is 9.22. The van der Waals surface area contributed by atoms with Crippen LogP contribution < -0.4 is 5.32 Å². The third-order valence-electron chi connectivity index (χ3n) is 4.86. The van der Waals surface area contributed by atoms with Crippen LogP contribution in [0.4, 0.5) is 0 Å². The van der Waals surface area contributed by atoms with E-state index in [0.29, 0.717) is 11.6 Å². The van der Waals surface area contributed by atoms with Crippen LogP contribution in [-0.4, -0.2) is 5.91 Å². The highest BCUT2D eigenvalue weighted by Gasteiger charge is 2.14. The van der Waals surface area contributed by atoms with E-state index < -0.39 is 5.91 Å². The van der Waals surface area contributed by atoms with Gasteiger partial charge in [-0.2, -0.15) is 5.26 Å². The van der Waals surface area contributed by atoms with Gasteiger partial charge in [0.15, 0.2) is 0 Å². The average Bonchev–Trinajstić information content (AvgIpc) is 2.78. The predicted octanol–water partition coefficient (Wildman–Crippen LogP) is 5.87. The minimum absolute atomic E-state index is 0.0542. The van der Waals surface area contributed by atoms with E-state index in [2.05, 4.69) is 5.32 Å². The Labute approximate surface area is 173 Å². The van der Waals surface area contributed by atoms with Crippen molar-refractivity contribution in [2.45, 2.75) is 6.54 Å². The summed E-state index contributed by atoms with van der Waals surface area (Å²) in [4.78, 5) is 12.7. The van der Waals surface area contributed by atoms with Crippen molar-refractivity contribution in [1.82, 2.24) is 5.32 Å². The summed E-state index contributed by atoms with van der Waals surface area (Å²) in [5, 5.41) is 16.7. The highest BCUT2D eigenvalue weighted by molar-refractivity contribution is 6.41. The van der Waals surface area contributed by atoms with E-state index in [1.165, 1.54) is 0 Å². The predicted molar refractivity (Wildman–Crippen MR) is 118 cm³/mol. The molecule has 4 aromatic carbocycles. The van der Waals surface area contributed by atoms with E-state index in [-0.39, 0.29) is 5.57 Å². The zero-order valence-corrected chi connectivity index (χ0v) is 16.3.